The quantitative estimate of drug-likeness (QED) is 0.642. The van der Waals surface area contributed by atoms with Crippen LogP contribution in [0, 0.1) is 0 Å². The number of hydrogen-bond acceptors (Lipinski definition) is 3. The zero-order chi connectivity index (χ0) is 7.40. The van der Waals surface area contributed by atoms with E-state index in [0.717, 1.165) is 5.88 Å². The first kappa shape index (κ1) is 8.59. The number of thioether (sulfide) groups is 1. The minimum Gasteiger partial charge on any atom is -0.311 e. The second-order valence-corrected chi connectivity index (χ2v) is 5.44. The van der Waals surface area contributed by atoms with E-state index in [-0.39, 0.29) is 0 Å². The first-order valence-electron chi connectivity index (χ1n) is 2.85. The van der Waals surface area contributed by atoms with Gasteiger partial charge in [0.1, 0.15) is 0 Å². The monoisotopic (exact) mass is 237 g/mol. The second-order valence-electron chi connectivity index (χ2n) is 1.70. The maximum absolute atomic E-state index is 3.41. The van der Waals surface area contributed by atoms with Crippen molar-refractivity contribution in [2.45, 2.75) is 4.21 Å². The lowest BCUT2D eigenvalue weighted by Crippen LogP contribution is -2.02. The third kappa shape index (κ3) is 2.62. The van der Waals surface area contributed by atoms with Gasteiger partial charge in [0.2, 0.25) is 0 Å². The van der Waals surface area contributed by atoms with E-state index in [4.69, 9.17) is 0 Å². The number of rotatable bonds is 3. The van der Waals surface area contributed by atoms with Crippen LogP contribution in [0.4, 0.5) is 0 Å². The Balaban J connectivity index is 2.42. The molecular weight excluding hydrogens is 230 g/mol. The zero-order valence-corrected chi connectivity index (χ0v) is 8.78. The van der Waals surface area contributed by atoms with Crippen LogP contribution in [-0.4, -0.2) is 12.9 Å². The molecule has 0 amide bonds. The third-order valence-corrected chi connectivity index (χ3v) is 3.78. The van der Waals surface area contributed by atoms with E-state index in [2.05, 4.69) is 33.4 Å². The van der Waals surface area contributed by atoms with Crippen molar-refractivity contribution in [1.82, 2.24) is 5.32 Å². The van der Waals surface area contributed by atoms with Gasteiger partial charge in [-0.05, 0) is 35.1 Å². The van der Waals surface area contributed by atoms with Gasteiger partial charge in [-0.15, -0.1) is 11.3 Å². The Kier molecular flexibility index (Phi) is 3.76. The summed E-state index contributed by atoms with van der Waals surface area (Å²) < 4.78 is 2.55. The fourth-order valence-corrected chi connectivity index (χ4v) is 3.09. The Bertz CT molecular complexity index is 199. The summed E-state index contributed by atoms with van der Waals surface area (Å²) in [5.41, 5.74) is 0. The van der Waals surface area contributed by atoms with E-state index in [1.165, 1.54) is 8.00 Å². The van der Waals surface area contributed by atoms with Crippen LogP contribution in [-0.2, 0) is 0 Å². The fraction of sp³-hybridized carbons (Fsp3) is 0.333. The van der Waals surface area contributed by atoms with Crippen LogP contribution >= 0.6 is 39.0 Å². The molecule has 56 valence electrons. The van der Waals surface area contributed by atoms with Gasteiger partial charge >= 0.3 is 0 Å². The van der Waals surface area contributed by atoms with E-state index in [1.54, 1.807) is 11.3 Å². The molecule has 0 aliphatic carbocycles. The average molecular weight is 238 g/mol. The van der Waals surface area contributed by atoms with Gasteiger partial charge in [0.25, 0.3) is 0 Å². The van der Waals surface area contributed by atoms with Crippen molar-refractivity contribution >= 4 is 39.0 Å². The molecule has 10 heavy (non-hydrogen) atoms. The molecule has 4 heteroatoms. The molecule has 0 radical (unpaired) electrons. The van der Waals surface area contributed by atoms with Crippen LogP contribution in [0.15, 0.2) is 20.1 Å². The maximum atomic E-state index is 3.41. The lowest BCUT2D eigenvalue weighted by atomic mass is 10.7. The summed E-state index contributed by atoms with van der Waals surface area (Å²) in [6, 6.07) is 4.19. The summed E-state index contributed by atoms with van der Waals surface area (Å²) >= 11 is 6.99. The molecule has 1 nitrogen and oxygen atoms in total. The van der Waals surface area contributed by atoms with Gasteiger partial charge in [-0.25, -0.2) is 0 Å². The second kappa shape index (κ2) is 4.38. The highest BCUT2D eigenvalue weighted by Crippen LogP contribution is 2.29. The molecule has 1 heterocycles. The summed E-state index contributed by atoms with van der Waals surface area (Å²) in [6.07, 6.45) is 0. The predicted molar refractivity (Wildman–Crippen MR) is 51.8 cm³/mol. The lowest BCUT2D eigenvalue weighted by molar-refractivity contribution is 0.983. The number of nitrogens with one attached hydrogen (secondary N) is 1. The van der Waals surface area contributed by atoms with Crippen LogP contribution in [0.25, 0.3) is 0 Å². The third-order valence-electron chi connectivity index (χ3n) is 0.907. The molecule has 1 aromatic rings. The number of thiophene rings is 1. The Hall–Kier alpha value is 0.490. The number of halogens is 1. The smallest absolute Gasteiger partial charge is 0.0710 e. The highest BCUT2D eigenvalue weighted by atomic mass is 79.9. The van der Waals surface area contributed by atoms with Crippen molar-refractivity contribution < 1.29 is 0 Å². The van der Waals surface area contributed by atoms with Gasteiger partial charge in [-0.2, -0.15) is 0 Å². The Morgan fingerprint density at radius 1 is 1.70 bits per heavy atom. The van der Waals surface area contributed by atoms with Crippen LogP contribution in [0.5, 0.6) is 0 Å². The fourth-order valence-electron chi connectivity index (χ4n) is 0.519. The van der Waals surface area contributed by atoms with Crippen molar-refractivity contribution in [3.8, 4) is 0 Å². The first-order chi connectivity index (χ1) is 4.83. The van der Waals surface area contributed by atoms with E-state index >= 15 is 0 Å². The predicted octanol–water partition coefficient (Wildman–Crippen LogP) is 2.78. The summed E-state index contributed by atoms with van der Waals surface area (Å²) in [5.74, 6) is 0.979. The Labute approximate surface area is 77.3 Å². The lowest BCUT2D eigenvalue weighted by Gasteiger charge is -1.93. The summed E-state index contributed by atoms with van der Waals surface area (Å²) in [5, 5.41) is 3.08. The van der Waals surface area contributed by atoms with Gasteiger partial charge < -0.3 is 5.32 Å². The molecule has 0 spiro atoms. The van der Waals surface area contributed by atoms with E-state index in [9.17, 15) is 0 Å². The Morgan fingerprint density at radius 2 is 2.50 bits per heavy atom. The molecule has 0 atom stereocenters. The van der Waals surface area contributed by atoms with E-state index in [1.807, 2.05) is 18.8 Å². The minimum absolute atomic E-state index is 0.979. The number of hydrogen-bond donors (Lipinski definition) is 1. The van der Waals surface area contributed by atoms with Crippen LogP contribution in [0.1, 0.15) is 0 Å². The van der Waals surface area contributed by atoms with Gasteiger partial charge in [-0.3, -0.25) is 0 Å². The zero-order valence-electron chi connectivity index (χ0n) is 5.56. The molecule has 0 aromatic carbocycles. The van der Waals surface area contributed by atoms with Crippen molar-refractivity contribution in [3.05, 3.63) is 15.9 Å². The van der Waals surface area contributed by atoms with E-state index < -0.39 is 0 Å². The molecule has 0 unspecified atom stereocenters. The summed E-state index contributed by atoms with van der Waals surface area (Å²) in [4.78, 5) is 0. The van der Waals surface area contributed by atoms with E-state index in [0.29, 0.717) is 0 Å². The first-order valence-corrected chi connectivity index (χ1v) is 5.45. The summed E-state index contributed by atoms with van der Waals surface area (Å²) in [6.45, 7) is 0. The molecule has 1 N–H and O–H groups in total. The van der Waals surface area contributed by atoms with Crippen molar-refractivity contribution in [3.63, 3.8) is 0 Å². The molecule has 0 saturated carbocycles. The topological polar surface area (TPSA) is 12.0 Å². The van der Waals surface area contributed by atoms with Crippen molar-refractivity contribution in [2.24, 2.45) is 0 Å². The molecule has 0 fully saturated rings. The molecule has 0 saturated heterocycles. The van der Waals surface area contributed by atoms with Crippen LogP contribution in [0.3, 0.4) is 0 Å². The van der Waals surface area contributed by atoms with Crippen LogP contribution < -0.4 is 5.32 Å². The normalized spacial score (nSPS) is 10.2. The van der Waals surface area contributed by atoms with Gasteiger partial charge in [0, 0.05) is 5.88 Å². The highest BCUT2D eigenvalue weighted by molar-refractivity contribution is 9.11. The van der Waals surface area contributed by atoms with Gasteiger partial charge in [0.05, 0.1) is 8.00 Å². The SMILES string of the molecule is CNCSc1ccc(Br)s1. The standard InChI is InChI=1S/C6H8BrNS2/c1-8-4-9-6-3-2-5(7)10-6/h2-3,8H,4H2,1H3. The average Bonchev–Trinajstić information content (AvgIpc) is 2.31. The highest BCUT2D eigenvalue weighted by Gasteiger charge is 1.95. The Morgan fingerprint density at radius 3 is 3.00 bits per heavy atom. The molecule has 0 aliphatic rings. The molecular formula is C6H8BrNS2. The maximum Gasteiger partial charge on any atom is 0.0710 e. The molecule has 0 bridgehead atoms. The van der Waals surface area contributed by atoms with Crippen molar-refractivity contribution in [2.75, 3.05) is 12.9 Å². The molecule has 1 aromatic heterocycles. The summed E-state index contributed by atoms with van der Waals surface area (Å²) in [7, 11) is 1.95. The molecule has 1 rings (SSSR count). The van der Waals surface area contributed by atoms with Gasteiger partial charge in [0.15, 0.2) is 0 Å². The van der Waals surface area contributed by atoms with Crippen molar-refractivity contribution in [1.29, 1.82) is 0 Å². The molecule has 0 aliphatic heterocycles. The van der Waals surface area contributed by atoms with Gasteiger partial charge in [-0.1, -0.05) is 11.8 Å². The van der Waals surface area contributed by atoms with Crippen LogP contribution in [0.2, 0.25) is 0 Å². The minimum atomic E-state index is 0.979. The largest absolute Gasteiger partial charge is 0.311 e.